The highest BCUT2D eigenvalue weighted by atomic mass is 32.2. The van der Waals surface area contributed by atoms with Crippen molar-refractivity contribution in [2.24, 2.45) is 5.92 Å². The first-order valence-electron chi connectivity index (χ1n) is 12.6. The fraction of sp³-hybridized carbons (Fsp3) is 0.345. The van der Waals surface area contributed by atoms with Crippen molar-refractivity contribution in [3.63, 3.8) is 0 Å². The van der Waals surface area contributed by atoms with Crippen molar-refractivity contribution >= 4 is 21.7 Å². The zero-order valence-corrected chi connectivity index (χ0v) is 23.3. The first-order chi connectivity index (χ1) is 18.1. The Bertz CT molecular complexity index is 1320. The van der Waals surface area contributed by atoms with Crippen molar-refractivity contribution < 1.29 is 26.5 Å². The van der Waals surface area contributed by atoms with Crippen LogP contribution in [0.25, 0.3) is 0 Å². The van der Waals surface area contributed by atoms with Gasteiger partial charge in [0.05, 0.1) is 7.11 Å². The highest BCUT2D eigenvalue weighted by Gasteiger charge is 2.24. The molecule has 0 aliphatic rings. The average Bonchev–Trinajstić information content (AvgIpc) is 2.90. The summed E-state index contributed by atoms with van der Waals surface area (Å²) in [6.07, 6.45) is 0. The first kappa shape index (κ1) is 29.0. The molecule has 1 amide bonds. The summed E-state index contributed by atoms with van der Waals surface area (Å²) in [4.78, 5) is 16.8. The summed E-state index contributed by atoms with van der Waals surface area (Å²) in [5, 5.41) is 0. The highest BCUT2D eigenvalue weighted by Crippen LogP contribution is 2.31. The number of amides is 1. The second-order valence-electron chi connectivity index (χ2n) is 9.15. The van der Waals surface area contributed by atoms with Crippen LogP contribution in [0, 0.1) is 11.7 Å². The number of nitrogens with zero attached hydrogens (tertiary/aromatic N) is 2. The number of halogens is 1. The molecule has 0 unspecified atom stereocenters. The lowest BCUT2D eigenvalue weighted by Gasteiger charge is -2.27. The molecule has 0 aliphatic heterocycles. The van der Waals surface area contributed by atoms with Crippen LogP contribution in [0.15, 0.2) is 71.6 Å². The molecule has 204 valence electrons. The van der Waals surface area contributed by atoms with Gasteiger partial charge in [0, 0.05) is 49.4 Å². The van der Waals surface area contributed by atoms with E-state index in [1.54, 1.807) is 55.1 Å². The van der Waals surface area contributed by atoms with Gasteiger partial charge in [-0.05, 0) is 61.9 Å². The Hall–Kier alpha value is -3.59. The normalized spacial score (nSPS) is 11.3. The van der Waals surface area contributed by atoms with Crippen LogP contribution in [0.2, 0.25) is 0 Å². The van der Waals surface area contributed by atoms with Crippen LogP contribution >= 0.6 is 0 Å². The summed E-state index contributed by atoms with van der Waals surface area (Å²) in [5.74, 6) is -0.103. The molecule has 0 saturated heterocycles. The van der Waals surface area contributed by atoms with Crippen LogP contribution in [0.4, 0.5) is 10.1 Å². The summed E-state index contributed by atoms with van der Waals surface area (Å²) in [6, 6.07) is 17.3. The predicted octanol–water partition coefficient (Wildman–Crippen LogP) is 5.63. The molecule has 0 aliphatic carbocycles. The molecule has 0 atom stereocenters. The standard InChI is InChI=1S/C29H35FN2O5S/c1-6-31(7-2)25-13-10-23(20-32(29(33)21(3)4)19-22-8-11-24(30)12-9-22)28(18-25)37-38(34,35)27-16-14-26(36-5)15-17-27/h8-18,21H,6-7,19-20H2,1-5H3. The lowest BCUT2D eigenvalue weighted by molar-refractivity contribution is -0.135. The second kappa shape index (κ2) is 12.8. The summed E-state index contributed by atoms with van der Waals surface area (Å²) in [7, 11) is -2.67. The van der Waals surface area contributed by atoms with Crippen molar-refractivity contribution in [3.05, 3.63) is 83.7 Å². The van der Waals surface area contributed by atoms with Crippen molar-refractivity contribution in [3.8, 4) is 11.5 Å². The number of hydrogen-bond acceptors (Lipinski definition) is 6. The maximum absolute atomic E-state index is 13.4. The Kier molecular flexibility index (Phi) is 9.74. The molecule has 38 heavy (non-hydrogen) atoms. The van der Waals surface area contributed by atoms with Gasteiger partial charge in [-0.3, -0.25) is 4.79 Å². The Morgan fingerprint density at radius 1 is 0.921 bits per heavy atom. The van der Waals surface area contributed by atoms with Crippen molar-refractivity contribution in [1.29, 1.82) is 0 Å². The number of benzene rings is 3. The number of carbonyl (C=O) groups excluding carboxylic acids is 1. The smallest absolute Gasteiger partial charge is 0.339 e. The van der Waals surface area contributed by atoms with Gasteiger partial charge in [-0.15, -0.1) is 0 Å². The largest absolute Gasteiger partial charge is 0.497 e. The van der Waals surface area contributed by atoms with E-state index in [1.807, 2.05) is 19.9 Å². The molecule has 7 nitrogen and oxygen atoms in total. The van der Waals surface area contributed by atoms with Crippen molar-refractivity contribution in [1.82, 2.24) is 4.90 Å². The van der Waals surface area contributed by atoms with Crippen LogP contribution in [-0.2, 0) is 28.0 Å². The van der Waals surface area contributed by atoms with E-state index in [0.29, 0.717) is 11.3 Å². The van der Waals surface area contributed by atoms with Crippen LogP contribution in [0.5, 0.6) is 11.5 Å². The average molecular weight is 543 g/mol. The number of ether oxygens (including phenoxy) is 1. The van der Waals surface area contributed by atoms with E-state index in [1.165, 1.54) is 31.4 Å². The second-order valence-corrected chi connectivity index (χ2v) is 10.7. The molecule has 0 fully saturated rings. The molecular formula is C29H35FN2O5S. The van der Waals surface area contributed by atoms with E-state index < -0.39 is 10.1 Å². The summed E-state index contributed by atoms with van der Waals surface area (Å²) < 4.78 is 50.7. The van der Waals surface area contributed by atoms with Gasteiger partial charge < -0.3 is 18.7 Å². The molecule has 0 aromatic heterocycles. The van der Waals surface area contributed by atoms with E-state index >= 15 is 0 Å². The topological polar surface area (TPSA) is 76.2 Å². The SMILES string of the molecule is CCN(CC)c1ccc(CN(Cc2ccc(F)cc2)C(=O)C(C)C)c(OS(=O)(=O)c2ccc(OC)cc2)c1. The van der Waals surface area contributed by atoms with E-state index in [0.717, 1.165) is 24.3 Å². The van der Waals surface area contributed by atoms with Crippen LogP contribution in [0.3, 0.4) is 0 Å². The van der Waals surface area contributed by atoms with Gasteiger partial charge in [0.15, 0.2) is 0 Å². The summed E-state index contributed by atoms with van der Waals surface area (Å²) >= 11 is 0. The first-order valence-corrected chi connectivity index (χ1v) is 14.0. The monoisotopic (exact) mass is 542 g/mol. The third-order valence-electron chi connectivity index (χ3n) is 6.18. The van der Waals surface area contributed by atoms with Crippen molar-refractivity contribution in [2.45, 2.75) is 45.7 Å². The third-order valence-corrected chi connectivity index (χ3v) is 7.43. The van der Waals surface area contributed by atoms with Gasteiger partial charge >= 0.3 is 10.1 Å². The molecule has 3 aromatic rings. The molecule has 9 heteroatoms. The van der Waals surface area contributed by atoms with Gasteiger partial charge in [0.25, 0.3) is 0 Å². The molecule has 0 N–H and O–H groups in total. The molecule has 0 heterocycles. The summed E-state index contributed by atoms with van der Waals surface area (Å²) in [5.41, 5.74) is 2.10. The van der Waals surface area contributed by atoms with Gasteiger partial charge in [-0.1, -0.05) is 32.0 Å². The molecular weight excluding hydrogens is 507 g/mol. The van der Waals surface area contributed by atoms with Crippen LogP contribution < -0.4 is 13.8 Å². The molecule has 0 bridgehead atoms. The quantitative estimate of drug-likeness (QED) is 0.276. The number of methoxy groups -OCH3 is 1. The van der Waals surface area contributed by atoms with E-state index in [-0.39, 0.29) is 41.4 Å². The molecule has 3 rings (SSSR count). The number of anilines is 1. The fourth-order valence-electron chi connectivity index (χ4n) is 4.04. The minimum absolute atomic E-state index is 0.0149. The summed E-state index contributed by atoms with van der Waals surface area (Å²) in [6.45, 7) is 9.42. The van der Waals surface area contributed by atoms with Crippen molar-refractivity contribution in [2.75, 3.05) is 25.1 Å². The lowest BCUT2D eigenvalue weighted by Crippen LogP contribution is -2.33. The Balaban J connectivity index is 2.02. The Labute approximate surface area is 224 Å². The molecule has 3 aromatic carbocycles. The number of carbonyl (C=O) groups is 1. The zero-order chi connectivity index (χ0) is 27.9. The molecule has 0 radical (unpaired) electrons. The fourth-order valence-corrected chi connectivity index (χ4v) is 5.00. The Morgan fingerprint density at radius 3 is 2.11 bits per heavy atom. The van der Waals surface area contributed by atoms with E-state index in [4.69, 9.17) is 8.92 Å². The van der Waals surface area contributed by atoms with Crippen LogP contribution in [0.1, 0.15) is 38.8 Å². The van der Waals surface area contributed by atoms with E-state index in [2.05, 4.69) is 4.90 Å². The van der Waals surface area contributed by atoms with Gasteiger partial charge in [0.1, 0.15) is 22.2 Å². The minimum Gasteiger partial charge on any atom is -0.497 e. The maximum atomic E-state index is 13.4. The maximum Gasteiger partial charge on any atom is 0.339 e. The lowest BCUT2D eigenvalue weighted by atomic mass is 10.1. The third kappa shape index (κ3) is 7.25. The van der Waals surface area contributed by atoms with E-state index in [9.17, 15) is 17.6 Å². The Morgan fingerprint density at radius 2 is 1.55 bits per heavy atom. The van der Waals surface area contributed by atoms with Gasteiger partial charge in [-0.25, -0.2) is 4.39 Å². The van der Waals surface area contributed by atoms with Crippen LogP contribution in [-0.4, -0.2) is 39.4 Å². The van der Waals surface area contributed by atoms with Gasteiger partial charge in [-0.2, -0.15) is 8.42 Å². The molecule has 0 saturated carbocycles. The number of hydrogen-bond donors (Lipinski definition) is 0. The predicted molar refractivity (Wildman–Crippen MR) is 146 cm³/mol. The molecule has 0 spiro atoms. The van der Waals surface area contributed by atoms with Gasteiger partial charge in [0.2, 0.25) is 5.91 Å². The minimum atomic E-state index is -4.17. The highest BCUT2D eigenvalue weighted by molar-refractivity contribution is 7.87. The zero-order valence-electron chi connectivity index (χ0n) is 22.5. The number of rotatable bonds is 12.